The molecule has 1 N–H and O–H groups in total. The molecule has 0 unspecified atom stereocenters. The molecule has 0 aromatic heterocycles. The van der Waals surface area contributed by atoms with E-state index in [1.54, 1.807) is 31.4 Å². The number of benzene rings is 2. The predicted molar refractivity (Wildman–Crippen MR) is 96.7 cm³/mol. The van der Waals surface area contributed by atoms with Crippen LogP contribution in [0.2, 0.25) is 10.0 Å². The van der Waals surface area contributed by atoms with Crippen LogP contribution in [0.1, 0.15) is 0 Å². The van der Waals surface area contributed by atoms with Crippen LogP contribution in [0.3, 0.4) is 0 Å². The van der Waals surface area contributed by atoms with Gasteiger partial charge in [0, 0.05) is 6.54 Å². The molecule has 0 aliphatic carbocycles. The summed E-state index contributed by atoms with van der Waals surface area (Å²) in [5.74, 6) is 1.61. The minimum absolute atomic E-state index is 0.0431. The Kier molecular flexibility index (Phi) is 6.78. The molecule has 6 nitrogen and oxygen atoms in total. The lowest BCUT2D eigenvalue weighted by molar-refractivity contribution is 0.322. The summed E-state index contributed by atoms with van der Waals surface area (Å²) >= 11 is 12.0. The second-order valence-corrected chi connectivity index (χ2v) is 7.31. The molecular weight excluding hydrogens is 389 g/mol. The van der Waals surface area contributed by atoms with Crippen LogP contribution >= 0.6 is 23.2 Å². The summed E-state index contributed by atoms with van der Waals surface area (Å²) in [6.45, 7) is 0.210. The number of rotatable bonds is 8. The molecule has 136 valence electrons. The van der Waals surface area contributed by atoms with E-state index in [2.05, 4.69) is 4.72 Å². The maximum Gasteiger partial charge on any atom is 0.242 e. The van der Waals surface area contributed by atoms with Gasteiger partial charge in [-0.25, -0.2) is 13.1 Å². The minimum atomic E-state index is -3.83. The van der Waals surface area contributed by atoms with E-state index in [4.69, 9.17) is 37.4 Å². The number of halogens is 2. The summed E-state index contributed by atoms with van der Waals surface area (Å²) in [5.41, 5.74) is 0. The Bertz CT molecular complexity index is 825. The summed E-state index contributed by atoms with van der Waals surface area (Å²) in [6, 6.07) is 9.73. The molecule has 25 heavy (non-hydrogen) atoms. The first-order valence-electron chi connectivity index (χ1n) is 7.17. The van der Waals surface area contributed by atoms with Gasteiger partial charge in [0.2, 0.25) is 10.0 Å². The third kappa shape index (κ3) is 4.92. The molecule has 0 fully saturated rings. The fourth-order valence-electron chi connectivity index (χ4n) is 1.97. The van der Waals surface area contributed by atoms with Crippen molar-refractivity contribution in [2.75, 3.05) is 27.4 Å². The maximum absolute atomic E-state index is 12.3. The van der Waals surface area contributed by atoms with Crippen molar-refractivity contribution in [1.29, 1.82) is 0 Å². The van der Waals surface area contributed by atoms with Gasteiger partial charge in [0.25, 0.3) is 0 Å². The average molecular weight is 406 g/mol. The molecular formula is C16H17Cl2NO5S. The van der Waals surface area contributed by atoms with E-state index < -0.39 is 10.0 Å². The van der Waals surface area contributed by atoms with Gasteiger partial charge < -0.3 is 14.2 Å². The van der Waals surface area contributed by atoms with Crippen LogP contribution in [0, 0.1) is 0 Å². The normalized spacial score (nSPS) is 11.2. The first-order chi connectivity index (χ1) is 11.9. The van der Waals surface area contributed by atoms with Gasteiger partial charge in [-0.2, -0.15) is 0 Å². The van der Waals surface area contributed by atoms with Crippen molar-refractivity contribution >= 4 is 33.2 Å². The Morgan fingerprint density at radius 2 is 1.56 bits per heavy atom. The zero-order chi connectivity index (χ0) is 18.4. The Balaban J connectivity index is 1.96. The molecule has 0 saturated carbocycles. The van der Waals surface area contributed by atoms with Crippen molar-refractivity contribution < 1.29 is 22.6 Å². The largest absolute Gasteiger partial charge is 0.497 e. The molecule has 0 atom stereocenters. The lowest BCUT2D eigenvalue weighted by atomic mass is 10.3. The van der Waals surface area contributed by atoms with Crippen LogP contribution in [0.25, 0.3) is 0 Å². The van der Waals surface area contributed by atoms with Crippen molar-refractivity contribution in [3.8, 4) is 17.2 Å². The van der Waals surface area contributed by atoms with Gasteiger partial charge in [0.15, 0.2) is 0 Å². The zero-order valence-electron chi connectivity index (χ0n) is 13.6. The van der Waals surface area contributed by atoms with Crippen LogP contribution in [0.15, 0.2) is 41.3 Å². The van der Waals surface area contributed by atoms with Crippen molar-refractivity contribution in [1.82, 2.24) is 4.72 Å². The van der Waals surface area contributed by atoms with Gasteiger partial charge in [0.1, 0.15) is 33.8 Å². The van der Waals surface area contributed by atoms with E-state index in [0.717, 1.165) is 0 Å². The second-order valence-electron chi connectivity index (χ2n) is 4.82. The molecule has 2 rings (SSSR count). The first-order valence-corrected chi connectivity index (χ1v) is 9.41. The highest BCUT2D eigenvalue weighted by Gasteiger charge is 2.21. The minimum Gasteiger partial charge on any atom is -0.497 e. The highest BCUT2D eigenvalue weighted by molar-refractivity contribution is 7.89. The van der Waals surface area contributed by atoms with Crippen molar-refractivity contribution in [2.24, 2.45) is 0 Å². The van der Waals surface area contributed by atoms with E-state index in [0.29, 0.717) is 17.2 Å². The molecule has 0 spiro atoms. The number of methoxy groups -OCH3 is 2. The van der Waals surface area contributed by atoms with Gasteiger partial charge in [-0.1, -0.05) is 23.2 Å². The van der Waals surface area contributed by atoms with Crippen LogP contribution in [-0.2, 0) is 10.0 Å². The smallest absolute Gasteiger partial charge is 0.242 e. The Labute approximate surface area is 156 Å². The number of ether oxygens (including phenoxy) is 3. The molecule has 0 radical (unpaired) electrons. The number of hydrogen-bond acceptors (Lipinski definition) is 5. The van der Waals surface area contributed by atoms with Gasteiger partial charge >= 0.3 is 0 Å². The number of nitrogens with one attached hydrogen (secondary N) is 1. The van der Waals surface area contributed by atoms with Crippen molar-refractivity contribution in [2.45, 2.75) is 4.90 Å². The van der Waals surface area contributed by atoms with E-state index in [1.165, 1.54) is 19.2 Å². The van der Waals surface area contributed by atoms with E-state index in [-0.39, 0.29) is 28.1 Å². The molecule has 2 aromatic carbocycles. The molecule has 2 aromatic rings. The molecule has 9 heteroatoms. The quantitative estimate of drug-likeness (QED) is 0.681. The topological polar surface area (TPSA) is 73.9 Å². The maximum atomic E-state index is 12.3. The predicted octanol–water partition coefficient (Wildman–Crippen LogP) is 3.37. The lowest BCUT2D eigenvalue weighted by Gasteiger charge is -2.12. The summed E-state index contributed by atoms with van der Waals surface area (Å²) in [5, 5.41) is -0.0499. The standard InChI is InChI=1S/C16H17Cl2NO5S/c1-22-11-3-5-12(6-4-11)24-10-9-19-25(20,21)14-8-7-13(23-2)15(17)16(14)18/h3-8,19H,9-10H2,1-2H3. The zero-order valence-corrected chi connectivity index (χ0v) is 15.9. The van der Waals surface area contributed by atoms with Gasteiger partial charge in [-0.3, -0.25) is 0 Å². The second kappa shape index (κ2) is 8.62. The summed E-state index contributed by atoms with van der Waals surface area (Å²) in [6.07, 6.45) is 0. The number of sulfonamides is 1. The highest BCUT2D eigenvalue weighted by atomic mass is 35.5. The molecule has 0 heterocycles. The summed E-state index contributed by atoms with van der Waals surface area (Å²) in [4.78, 5) is -0.121. The first kappa shape index (κ1) is 19.7. The molecule has 0 aliphatic heterocycles. The van der Waals surface area contributed by atoms with Gasteiger partial charge in [-0.15, -0.1) is 0 Å². The highest BCUT2D eigenvalue weighted by Crippen LogP contribution is 2.36. The monoisotopic (exact) mass is 405 g/mol. The Morgan fingerprint density at radius 1 is 0.920 bits per heavy atom. The Morgan fingerprint density at radius 3 is 2.16 bits per heavy atom. The van der Waals surface area contributed by atoms with Crippen LogP contribution in [-0.4, -0.2) is 35.8 Å². The van der Waals surface area contributed by atoms with Crippen molar-refractivity contribution in [3.05, 3.63) is 46.4 Å². The Hall–Kier alpha value is -1.67. The van der Waals surface area contributed by atoms with Gasteiger partial charge in [-0.05, 0) is 36.4 Å². The third-order valence-electron chi connectivity index (χ3n) is 3.24. The molecule has 0 aliphatic rings. The van der Waals surface area contributed by atoms with E-state index in [1.807, 2.05) is 0 Å². The van der Waals surface area contributed by atoms with Crippen LogP contribution < -0.4 is 18.9 Å². The van der Waals surface area contributed by atoms with Crippen LogP contribution in [0.5, 0.6) is 17.2 Å². The molecule has 0 saturated heterocycles. The van der Waals surface area contributed by atoms with Crippen molar-refractivity contribution in [3.63, 3.8) is 0 Å². The summed E-state index contributed by atoms with van der Waals surface area (Å²) < 4.78 is 42.6. The van der Waals surface area contributed by atoms with E-state index in [9.17, 15) is 8.42 Å². The average Bonchev–Trinajstić information content (AvgIpc) is 2.61. The van der Waals surface area contributed by atoms with Crippen LogP contribution in [0.4, 0.5) is 0 Å². The fourth-order valence-corrected chi connectivity index (χ4v) is 3.83. The lowest BCUT2D eigenvalue weighted by Crippen LogP contribution is -2.28. The fraction of sp³-hybridized carbons (Fsp3) is 0.250. The number of hydrogen-bond donors (Lipinski definition) is 1. The SMILES string of the molecule is COc1ccc(OCCNS(=O)(=O)c2ccc(OC)c(Cl)c2Cl)cc1. The summed E-state index contributed by atoms with van der Waals surface area (Å²) in [7, 11) is -0.838. The van der Waals surface area contributed by atoms with E-state index >= 15 is 0 Å². The van der Waals surface area contributed by atoms with Gasteiger partial charge in [0.05, 0.1) is 19.2 Å². The molecule has 0 amide bonds. The molecule has 0 bridgehead atoms. The third-order valence-corrected chi connectivity index (χ3v) is 5.72.